The molecular formula is C26H18FIrN2O2-. The molecule has 0 amide bonds. The molecule has 5 aromatic rings. The summed E-state index contributed by atoms with van der Waals surface area (Å²) in [5.74, 6) is -1.23. The standard InChI is InChI=1S/C20H13FN.C6H5NO2.Ir/c1-13-10-15(8-9-19(13)21)20-11-18-16(12-22-20)7-6-14-4-2-3-5-17(14)18;8-6(9)5-3-1-2-4-7-5;/h2-7,9-12H,1H3;1-4H,(H,8,9);/q-1;;. The first-order valence-corrected chi connectivity index (χ1v) is 9.63. The van der Waals surface area contributed by atoms with E-state index in [1.165, 1.54) is 29.1 Å². The van der Waals surface area contributed by atoms with Gasteiger partial charge in [0.25, 0.3) is 0 Å². The van der Waals surface area contributed by atoms with Crippen LogP contribution in [-0.2, 0) is 20.1 Å². The maximum absolute atomic E-state index is 13.4. The van der Waals surface area contributed by atoms with Gasteiger partial charge in [-0.3, -0.25) is 4.39 Å². The molecule has 5 rings (SSSR count). The average Bonchev–Trinajstić information content (AvgIpc) is 2.81. The van der Waals surface area contributed by atoms with Gasteiger partial charge in [0.05, 0.1) is 0 Å². The van der Waals surface area contributed by atoms with Gasteiger partial charge in [0.1, 0.15) is 5.69 Å². The van der Waals surface area contributed by atoms with Gasteiger partial charge in [-0.15, -0.1) is 23.8 Å². The zero-order chi connectivity index (χ0) is 21.8. The molecule has 0 fully saturated rings. The smallest absolute Gasteiger partial charge is 0.354 e. The number of hydrogen-bond donors (Lipinski definition) is 1. The maximum atomic E-state index is 13.4. The van der Waals surface area contributed by atoms with Gasteiger partial charge in [0, 0.05) is 38.3 Å². The number of carboxylic acids is 1. The number of carboxylic acid groups (broad SMARTS) is 1. The summed E-state index contributed by atoms with van der Waals surface area (Å²) in [6.45, 7) is 1.75. The minimum Gasteiger partial charge on any atom is -0.477 e. The van der Waals surface area contributed by atoms with E-state index in [0.29, 0.717) is 5.56 Å². The third-order valence-corrected chi connectivity index (χ3v) is 4.88. The Kier molecular flexibility index (Phi) is 7.41. The van der Waals surface area contributed by atoms with Crippen LogP contribution in [0.25, 0.3) is 32.8 Å². The zero-order valence-electron chi connectivity index (χ0n) is 17.0. The number of hydrogen-bond acceptors (Lipinski definition) is 3. The van der Waals surface area contributed by atoms with Crippen molar-refractivity contribution in [3.8, 4) is 11.3 Å². The summed E-state index contributed by atoms with van der Waals surface area (Å²) in [7, 11) is 0. The normalized spacial score (nSPS) is 10.2. The van der Waals surface area contributed by atoms with Crippen molar-refractivity contribution >= 4 is 27.5 Å². The van der Waals surface area contributed by atoms with Crippen molar-refractivity contribution in [3.63, 3.8) is 0 Å². The minimum atomic E-state index is -0.990. The van der Waals surface area contributed by atoms with Crippen LogP contribution in [0.4, 0.5) is 4.39 Å². The molecule has 0 aliphatic heterocycles. The molecule has 0 aliphatic rings. The van der Waals surface area contributed by atoms with Crippen molar-refractivity contribution in [2.75, 3.05) is 0 Å². The number of halogens is 1. The fraction of sp³-hybridized carbons (Fsp3) is 0.0385. The molecule has 0 atom stereocenters. The van der Waals surface area contributed by atoms with Crippen molar-refractivity contribution in [2.45, 2.75) is 6.92 Å². The largest absolute Gasteiger partial charge is 0.477 e. The van der Waals surface area contributed by atoms with Gasteiger partial charge in [-0.25, -0.2) is 9.78 Å². The number of aromatic carboxylic acids is 1. The Balaban J connectivity index is 0.000000246. The second kappa shape index (κ2) is 10.2. The fourth-order valence-electron chi connectivity index (χ4n) is 3.27. The van der Waals surface area contributed by atoms with Crippen LogP contribution in [0.3, 0.4) is 0 Å². The number of carbonyl (C=O) groups is 1. The Hall–Kier alpha value is -3.47. The first-order chi connectivity index (χ1) is 15.0. The molecule has 0 saturated carbocycles. The number of aromatic nitrogens is 2. The third-order valence-electron chi connectivity index (χ3n) is 4.88. The summed E-state index contributed by atoms with van der Waals surface area (Å²) in [6, 6.07) is 25.4. The monoisotopic (exact) mass is 602 g/mol. The molecule has 2 aromatic heterocycles. The Labute approximate surface area is 198 Å². The van der Waals surface area contributed by atoms with E-state index >= 15 is 0 Å². The summed E-state index contributed by atoms with van der Waals surface area (Å²) in [6.07, 6.45) is 3.31. The van der Waals surface area contributed by atoms with Crippen molar-refractivity contribution in [3.05, 3.63) is 108 Å². The van der Waals surface area contributed by atoms with Gasteiger partial charge in [0.15, 0.2) is 0 Å². The summed E-state index contributed by atoms with van der Waals surface area (Å²) < 4.78 is 13.4. The summed E-state index contributed by atoms with van der Waals surface area (Å²) >= 11 is 0. The SMILES string of the molecule is Cc1cc(-c2cc3c(ccc4ccccc43)cn2)[c-]cc1F.O=C(O)c1ccccn1.[Ir]. The molecule has 32 heavy (non-hydrogen) atoms. The Bertz CT molecular complexity index is 1390. The van der Waals surface area contributed by atoms with E-state index in [1.807, 2.05) is 18.3 Å². The predicted octanol–water partition coefficient (Wildman–Crippen LogP) is 6.08. The van der Waals surface area contributed by atoms with Gasteiger partial charge in [-0.2, -0.15) is 0 Å². The Morgan fingerprint density at radius 2 is 1.69 bits per heavy atom. The molecule has 161 valence electrons. The van der Waals surface area contributed by atoms with Crippen LogP contribution < -0.4 is 0 Å². The first-order valence-electron chi connectivity index (χ1n) is 9.63. The van der Waals surface area contributed by atoms with Crippen molar-refractivity contribution in [1.82, 2.24) is 9.97 Å². The Morgan fingerprint density at radius 3 is 2.38 bits per heavy atom. The van der Waals surface area contributed by atoms with Gasteiger partial charge in [-0.1, -0.05) is 61.0 Å². The molecule has 4 nitrogen and oxygen atoms in total. The minimum absolute atomic E-state index is 0. The van der Waals surface area contributed by atoms with E-state index in [0.717, 1.165) is 22.0 Å². The summed E-state index contributed by atoms with van der Waals surface area (Å²) in [5.41, 5.74) is 2.31. The summed E-state index contributed by atoms with van der Waals surface area (Å²) in [4.78, 5) is 18.2. The number of fused-ring (bicyclic) bond motifs is 3. The first kappa shape index (κ1) is 23.2. The molecule has 0 bridgehead atoms. The van der Waals surface area contributed by atoms with Gasteiger partial charge in [-0.05, 0) is 39.4 Å². The van der Waals surface area contributed by atoms with Crippen LogP contribution in [0.15, 0.2) is 85.2 Å². The van der Waals surface area contributed by atoms with E-state index in [2.05, 4.69) is 46.4 Å². The van der Waals surface area contributed by atoms with Crippen LogP contribution in [0.1, 0.15) is 16.1 Å². The summed E-state index contributed by atoms with van der Waals surface area (Å²) in [5, 5.41) is 13.0. The average molecular weight is 602 g/mol. The molecule has 6 heteroatoms. The van der Waals surface area contributed by atoms with Crippen molar-refractivity contribution in [2.24, 2.45) is 0 Å². The van der Waals surface area contributed by atoms with Gasteiger partial charge in [0.2, 0.25) is 0 Å². The molecule has 0 spiro atoms. The third kappa shape index (κ3) is 5.05. The molecule has 3 aromatic carbocycles. The number of rotatable bonds is 2. The van der Waals surface area contributed by atoms with Crippen LogP contribution in [-0.4, -0.2) is 21.0 Å². The molecule has 0 saturated heterocycles. The molecule has 0 unspecified atom stereocenters. The van der Waals surface area contributed by atoms with Crippen molar-refractivity contribution < 1.29 is 34.4 Å². The van der Waals surface area contributed by atoms with Crippen LogP contribution >= 0.6 is 0 Å². The zero-order valence-corrected chi connectivity index (χ0v) is 19.4. The van der Waals surface area contributed by atoms with Crippen LogP contribution in [0, 0.1) is 18.8 Å². The fourth-order valence-corrected chi connectivity index (χ4v) is 3.27. The van der Waals surface area contributed by atoms with Crippen LogP contribution in [0.5, 0.6) is 0 Å². The second-order valence-corrected chi connectivity index (χ2v) is 6.98. The van der Waals surface area contributed by atoms with Gasteiger partial charge < -0.3 is 10.1 Å². The molecule has 1 radical (unpaired) electrons. The second-order valence-electron chi connectivity index (χ2n) is 6.98. The van der Waals surface area contributed by atoms with E-state index in [4.69, 9.17) is 5.11 Å². The quantitative estimate of drug-likeness (QED) is 0.197. The Morgan fingerprint density at radius 1 is 0.938 bits per heavy atom. The predicted molar refractivity (Wildman–Crippen MR) is 119 cm³/mol. The number of benzene rings is 3. The van der Waals surface area contributed by atoms with E-state index in [1.54, 1.807) is 25.1 Å². The van der Waals surface area contributed by atoms with E-state index in [9.17, 15) is 9.18 Å². The molecule has 2 heterocycles. The number of aryl methyl sites for hydroxylation is 1. The number of pyridine rings is 2. The van der Waals surface area contributed by atoms with E-state index in [-0.39, 0.29) is 31.6 Å². The van der Waals surface area contributed by atoms with Gasteiger partial charge >= 0.3 is 5.97 Å². The number of nitrogens with zero attached hydrogens (tertiary/aromatic N) is 2. The topological polar surface area (TPSA) is 63.1 Å². The maximum Gasteiger partial charge on any atom is 0.354 e. The molecule has 1 N–H and O–H groups in total. The van der Waals surface area contributed by atoms with Crippen LogP contribution in [0.2, 0.25) is 0 Å². The van der Waals surface area contributed by atoms with Crippen molar-refractivity contribution in [1.29, 1.82) is 0 Å². The molecule has 0 aliphatic carbocycles. The van der Waals surface area contributed by atoms with E-state index < -0.39 is 5.97 Å². The molecular weight excluding hydrogens is 584 g/mol.